The van der Waals surface area contributed by atoms with E-state index in [0.717, 1.165) is 5.56 Å². The van der Waals surface area contributed by atoms with Crippen LogP contribution >= 0.6 is 11.6 Å². The maximum Gasteiger partial charge on any atom is 0.262 e. The second kappa shape index (κ2) is 8.86. The standard InChI is InChI=1S/C23H19ClN4O3S/c1-15-13-25-22(12-21(15)32(29,30)28-19-10-8-18(24)9-11-19)27-16(2)23-26-14-20(31-23)17-6-4-3-5-7-17/h3-14,28H,2H2,1H3,(H,25,27). The lowest BCUT2D eigenvalue weighted by molar-refractivity contribution is 0.556. The van der Waals surface area contributed by atoms with E-state index in [4.69, 9.17) is 16.0 Å². The summed E-state index contributed by atoms with van der Waals surface area (Å²) >= 11 is 5.87. The number of oxazole rings is 1. The number of rotatable bonds is 7. The molecule has 0 saturated carbocycles. The minimum Gasteiger partial charge on any atom is -0.435 e. The average Bonchev–Trinajstić information content (AvgIpc) is 3.28. The van der Waals surface area contributed by atoms with Crippen molar-refractivity contribution in [2.45, 2.75) is 11.8 Å². The van der Waals surface area contributed by atoms with Crippen LogP contribution in [-0.4, -0.2) is 18.4 Å². The summed E-state index contributed by atoms with van der Waals surface area (Å²) in [7, 11) is -3.85. The second-order valence-corrected chi connectivity index (χ2v) is 9.03. The van der Waals surface area contributed by atoms with Crippen LogP contribution < -0.4 is 10.0 Å². The van der Waals surface area contributed by atoms with Crippen LogP contribution in [0.1, 0.15) is 11.5 Å². The first-order valence-corrected chi connectivity index (χ1v) is 11.4. The van der Waals surface area contributed by atoms with Gasteiger partial charge in [0.1, 0.15) is 5.82 Å². The predicted molar refractivity (Wildman–Crippen MR) is 126 cm³/mol. The number of aryl methyl sites for hydroxylation is 1. The molecule has 0 spiro atoms. The normalized spacial score (nSPS) is 11.2. The monoisotopic (exact) mass is 466 g/mol. The molecular formula is C23H19ClN4O3S. The van der Waals surface area contributed by atoms with Gasteiger partial charge in [0.25, 0.3) is 10.0 Å². The van der Waals surface area contributed by atoms with E-state index in [-0.39, 0.29) is 16.6 Å². The molecule has 0 unspecified atom stereocenters. The molecule has 0 aliphatic heterocycles. The Morgan fingerprint density at radius 3 is 2.47 bits per heavy atom. The minimum atomic E-state index is -3.85. The molecule has 0 amide bonds. The smallest absolute Gasteiger partial charge is 0.262 e. The quantitative estimate of drug-likeness (QED) is 0.369. The molecule has 162 valence electrons. The number of benzene rings is 2. The zero-order chi connectivity index (χ0) is 22.7. The third kappa shape index (κ3) is 4.82. The Morgan fingerprint density at radius 1 is 1.03 bits per heavy atom. The molecule has 0 saturated heterocycles. The van der Waals surface area contributed by atoms with Gasteiger partial charge in [0.15, 0.2) is 5.76 Å². The molecule has 0 aliphatic carbocycles. The van der Waals surface area contributed by atoms with Crippen molar-refractivity contribution in [3.63, 3.8) is 0 Å². The lowest BCUT2D eigenvalue weighted by Gasteiger charge is -2.12. The number of aromatic nitrogens is 2. The maximum atomic E-state index is 12.9. The number of halogens is 1. The summed E-state index contributed by atoms with van der Waals surface area (Å²) in [4.78, 5) is 8.57. The summed E-state index contributed by atoms with van der Waals surface area (Å²) in [6, 6.07) is 17.4. The number of nitrogens with one attached hydrogen (secondary N) is 2. The molecule has 9 heteroatoms. The Hall–Kier alpha value is -3.62. The Balaban J connectivity index is 1.54. The molecule has 0 aliphatic rings. The Kier molecular flexibility index (Phi) is 5.98. The number of sulfonamides is 1. The van der Waals surface area contributed by atoms with Crippen molar-refractivity contribution in [3.8, 4) is 11.3 Å². The molecule has 2 heterocycles. The number of hydrogen-bond donors (Lipinski definition) is 2. The zero-order valence-corrected chi connectivity index (χ0v) is 18.6. The SMILES string of the molecule is C=C(Nc1cc(S(=O)(=O)Nc2ccc(Cl)cc2)c(C)cn1)c1ncc(-c2ccccc2)o1. The molecule has 7 nitrogen and oxygen atoms in total. The molecular weight excluding hydrogens is 448 g/mol. The molecule has 32 heavy (non-hydrogen) atoms. The van der Waals surface area contributed by atoms with Gasteiger partial charge in [-0.1, -0.05) is 48.5 Å². The van der Waals surface area contributed by atoms with Crippen LogP contribution in [0.3, 0.4) is 0 Å². The molecule has 0 atom stereocenters. The third-order valence-corrected chi connectivity index (χ3v) is 6.32. The van der Waals surface area contributed by atoms with Crippen LogP contribution in [0.4, 0.5) is 11.5 Å². The summed E-state index contributed by atoms with van der Waals surface area (Å²) in [5.74, 6) is 1.15. The number of nitrogens with zero attached hydrogens (tertiary/aromatic N) is 2. The largest absolute Gasteiger partial charge is 0.435 e. The fourth-order valence-corrected chi connectivity index (χ4v) is 4.37. The van der Waals surface area contributed by atoms with E-state index in [1.54, 1.807) is 37.4 Å². The number of anilines is 2. The fraction of sp³-hybridized carbons (Fsp3) is 0.0435. The highest BCUT2D eigenvalue weighted by Gasteiger charge is 2.19. The van der Waals surface area contributed by atoms with Crippen molar-refractivity contribution < 1.29 is 12.8 Å². The second-order valence-electron chi connectivity index (χ2n) is 6.95. The number of hydrogen-bond acceptors (Lipinski definition) is 6. The summed E-state index contributed by atoms with van der Waals surface area (Å²) in [5.41, 5.74) is 2.12. The van der Waals surface area contributed by atoms with Crippen LogP contribution in [0, 0.1) is 6.92 Å². The summed E-state index contributed by atoms with van der Waals surface area (Å²) in [6.45, 7) is 5.60. The van der Waals surface area contributed by atoms with Gasteiger partial charge >= 0.3 is 0 Å². The highest BCUT2D eigenvalue weighted by Crippen LogP contribution is 2.26. The van der Waals surface area contributed by atoms with Gasteiger partial charge < -0.3 is 9.73 Å². The van der Waals surface area contributed by atoms with E-state index >= 15 is 0 Å². The van der Waals surface area contributed by atoms with Crippen LogP contribution in [0.5, 0.6) is 0 Å². The fourth-order valence-electron chi connectivity index (χ4n) is 2.95. The van der Waals surface area contributed by atoms with Crippen LogP contribution in [-0.2, 0) is 10.0 Å². The zero-order valence-electron chi connectivity index (χ0n) is 17.0. The Morgan fingerprint density at radius 2 is 1.75 bits per heavy atom. The van der Waals surface area contributed by atoms with Gasteiger partial charge in [-0.05, 0) is 36.8 Å². The van der Waals surface area contributed by atoms with Gasteiger partial charge in [-0.2, -0.15) is 0 Å². The molecule has 2 aromatic carbocycles. The maximum absolute atomic E-state index is 12.9. The first-order chi connectivity index (χ1) is 15.3. The van der Waals surface area contributed by atoms with Gasteiger partial charge in [0.05, 0.1) is 16.8 Å². The van der Waals surface area contributed by atoms with Crippen molar-refractivity contribution in [2.75, 3.05) is 10.0 Å². The van der Waals surface area contributed by atoms with E-state index in [1.807, 2.05) is 30.3 Å². The van der Waals surface area contributed by atoms with Crippen LogP contribution in [0.25, 0.3) is 17.0 Å². The molecule has 0 fully saturated rings. The average molecular weight is 467 g/mol. The molecule has 4 rings (SSSR count). The molecule has 0 radical (unpaired) electrons. The van der Waals surface area contributed by atoms with Crippen molar-refractivity contribution in [1.29, 1.82) is 0 Å². The van der Waals surface area contributed by atoms with E-state index < -0.39 is 10.0 Å². The van der Waals surface area contributed by atoms with E-state index in [9.17, 15) is 8.42 Å². The highest BCUT2D eigenvalue weighted by atomic mass is 35.5. The van der Waals surface area contributed by atoms with Crippen molar-refractivity contribution in [3.05, 3.63) is 96.1 Å². The third-order valence-electron chi connectivity index (χ3n) is 4.54. The van der Waals surface area contributed by atoms with Crippen molar-refractivity contribution >= 4 is 38.8 Å². The lowest BCUT2D eigenvalue weighted by atomic mass is 10.2. The first kappa shape index (κ1) is 21.6. The topological polar surface area (TPSA) is 97.1 Å². The van der Waals surface area contributed by atoms with E-state index in [0.29, 0.717) is 27.7 Å². The molecule has 2 aromatic heterocycles. The Bertz CT molecular complexity index is 1370. The highest BCUT2D eigenvalue weighted by molar-refractivity contribution is 7.92. The molecule has 4 aromatic rings. The number of pyridine rings is 1. The van der Waals surface area contributed by atoms with E-state index in [1.165, 1.54) is 12.3 Å². The first-order valence-electron chi connectivity index (χ1n) is 9.54. The van der Waals surface area contributed by atoms with E-state index in [2.05, 4.69) is 26.6 Å². The van der Waals surface area contributed by atoms with Crippen LogP contribution in [0.2, 0.25) is 5.02 Å². The summed E-state index contributed by atoms with van der Waals surface area (Å²) < 4.78 is 34.2. The molecule has 2 N–H and O–H groups in total. The lowest BCUT2D eigenvalue weighted by Crippen LogP contribution is -2.15. The predicted octanol–water partition coefficient (Wildman–Crippen LogP) is 5.58. The van der Waals surface area contributed by atoms with Crippen LogP contribution in [0.15, 0.2) is 88.9 Å². The van der Waals surface area contributed by atoms with Gasteiger partial charge in [-0.25, -0.2) is 18.4 Å². The van der Waals surface area contributed by atoms with Crippen molar-refractivity contribution in [2.24, 2.45) is 0 Å². The van der Waals surface area contributed by atoms with Gasteiger partial charge in [-0.3, -0.25) is 4.72 Å². The van der Waals surface area contributed by atoms with Gasteiger partial charge in [-0.15, -0.1) is 0 Å². The Labute approximate surface area is 190 Å². The summed E-state index contributed by atoms with van der Waals surface area (Å²) in [6.07, 6.45) is 3.07. The minimum absolute atomic E-state index is 0.0788. The summed E-state index contributed by atoms with van der Waals surface area (Å²) in [5, 5.41) is 3.48. The van der Waals surface area contributed by atoms with Gasteiger partial charge in [0, 0.05) is 28.5 Å². The van der Waals surface area contributed by atoms with Gasteiger partial charge in [0.2, 0.25) is 5.89 Å². The van der Waals surface area contributed by atoms with Crippen molar-refractivity contribution in [1.82, 2.24) is 9.97 Å². The molecule has 0 bridgehead atoms.